The van der Waals surface area contributed by atoms with Crippen LogP contribution in [0.5, 0.6) is 0 Å². The SMILES string of the molecule is CC(C)C(O)CNC(=O)CC(C)(C(=O)O)C(C)C. The van der Waals surface area contributed by atoms with Crippen LogP contribution in [-0.4, -0.2) is 34.7 Å². The van der Waals surface area contributed by atoms with Gasteiger partial charge in [-0.25, -0.2) is 0 Å². The van der Waals surface area contributed by atoms with Crippen molar-refractivity contribution in [2.24, 2.45) is 17.3 Å². The summed E-state index contributed by atoms with van der Waals surface area (Å²) in [6.07, 6.45) is -0.686. The monoisotopic (exact) mass is 259 g/mol. The molecule has 0 spiro atoms. The van der Waals surface area contributed by atoms with Gasteiger partial charge in [0.2, 0.25) is 5.91 Å². The first-order valence-electron chi connectivity index (χ1n) is 6.29. The van der Waals surface area contributed by atoms with E-state index < -0.39 is 17.5 Å². The number of carbonyl (C=O) groups is 2. The number of aliphatic hydroxyl groups is 1. The standard InChI is InChI=1S/C13H25NO4/c1-8(2)10(15)7-14-11(16)6-13(5,9(3)4)12(17)18/h8-10,15H,6-7H2,1-5H3,(H,14,16)(H,17,18). The van der Waals surface area contributed by atoms with Crippen molar-refractivity contribution in [2.45, 2.75) is 47.1 Å². The van der Waals surface area contributed by atoms with E-state index >= 15 is 0 Å². The van der Waals surface area contributed by atoms with Crippen molar-refractivity contribution < 1.29 is 19.8 Å². The highest BCUT2D eigenvalue weighted by atomic mass is 16.4. The molecule has 0 heterocycles. The van der Waals surface area contributed by atoms with Crippen LogP contribution in [0.2, 0.25) is 0 Å². The molecule has 106 valence electrons. The van der Waals surface area contributed by atoms with Crippen LogP contribution in [0.25, 0.3) is 0 Å². The molecule has 0 saturated carbocycles. The molecule has 5 nitrogen and oxygen atoms in total. The molecule has 0 aromatic heterocycles. The second kappa shape index (κ2) is 6.73. The van der Waals surface area contributed by atoms with E-state index in [0.717, 1.165) is 0 Å². The first kappa shape index (κ1) is 16.9. The molecule has 0 aliphatic carbocycles. The summed E-state index contributed by atoms with van der Waals surface area (Å²) in [5, 5.41) is 21.3. The summed E-state index contributed by atoms with van der Waals surface area (Å²) in [5.74, 6) is -1.40. The quantitative estimate of drug-likeness (QED) is 0.642. The van der Waals surface area contributed by atoms with Crippen molar-refractivity contribution in [1.29, 1.82) is 0 Å². The molecule has 0 aromatic rings. The van der Waals surface area contributed by atoms with Gasteiger partial charge in [0.1, 0.15) is 0 Å². The van der Waals surface area contributed by atoms with Gasteiger partial charge in [-0.1, -0.05) is 27.7 Å². The Hall–Kier alpha value is -1.10. The summed E-state index contributed by atoms with van der Waals surface area (Å²) in [7, 11) is 0. The maximum Gasteiger partial charge on any atom is 0.310 e. The maximum absolute atomic E-state index is 11.7. The van der Waals surface area contributed by atoms with Gasteiger partial charge >= 0.3 is 5.97 Å². The molecule has 0 aliphatic heterocycles. The topological polar surface area (TPSA) is 86.6 Å². The van der Waals surface area contributed by atoms with Gasteiger partial charge < -0.3 is 15.5 Å². The minimum atomic E-state index is -1.08. The number of carbonyl (C=O) groups excluding carboxylic acids is 1. The van der Waals surface area contributed by atoms with Crippen LogP contribution in [0.4, 0.5) is 0 Å². The molecule has 0 saturated heterocycles. The average Bonchev–Trinajstić information content (AvgIpc) is 2.24. The highest BCUT2D eigenvalue weighted by Gasteiger charge is 2.38. The highest BCUT2D eigenvalue weighted by molar-refractivity contribution is 5.84. The summed E-state index contributed by atoms with van der Waals surface area (Å²) in [5.41, 5.74) is -1.08. The number of rotatable bonds is 7. The van der Waals surface area contributed by atoms with Crippen LogP contribution in [0.3, 0.4) is 0 Å². The fraction of sp³-hybridized carbons (Fsp3) is 0.846. The van der Waals surface area contributed by atoms with Crippen LogP contribution in [-0.2, 0) is 9.59 Å². The number of carboxylic acids is 1. The predicted octanol–water partition coefficient (Wildman–Crippen LogP) is 1.26. The maximum atomic E-state index is 11.7. The molecule has 0 bridgehead atoms. The largest absolute Gasteiger partial charge is 0.481 e. The zero-order chi connectivity index (χ0) is 14.5. The molecule has 2 unspecified atom stereocenters. The van der Waals surface area contributed by atoms with Crippen molar-refractivity contribution in [3.63, 3.8) is 0 Å². The third-order valence-electron chi connectivity index (χ3n) is 3.57. The molecule has 2 atom stereocenters. The van der Waals surface area contributed by atoms with Crippen molar-refractivity contribution in [2.75, 3.05) is 6.54 Å². The third-order valence-corrected chi connectivity index (χ3v) is 3.57. The summed E-state index contributed by atoms with van der Waals surface area (Å²) in [6.45, 7) is 9.00. The van der Waals surface area contributed by atoms with Crippen LogP contribution in [0.1, 0.15) is 41.0 Å². The zero-order valence-electron chi connectivity index (χ0n) is 11.9. The average molecular weight is 259 g/mol. The van der Waals surface area contributed by atoms with Gasteiger partial charge in [0.15, 0.2) is 0 Å². The molecule has 5 heteroatoms. The highest BCUT2D eigenvalue weighted by Crippen LogP contribution is 2.31. The molecule has 0 radical (unpaired) electrons. The van der Waals surface area contributed by atoms with Gasteiger partial charge in [0, 0.05) is 13.0 Å². The van der Waals surface area contributed by atoms with Crippen molar-refractivity contribution in [3.8, 4) is 0 Å². The Morgan fingerprint density at radius 1 is 1.22 bits per heavy atom. The van der Waals surface area contributed by atoms with Crippen molar-refractivity contribution in [3.05, 3.63) is 0 Å². The fourth-order valence-corrected chi connectivity index (χ4v) is 1.38. The van der Waals surface area contributed by atoms with Gasteiger partial charge in [0.25, 0.3) is 0 Å². The van der Waals surface area contributed by atoms with E-state index in [1.807, 2.05) is 13.8 Å². The summed E-state index contributed by atoms with van der Waals surface area (Å²) < 4.78 is 0. The molecule has 0 aromatic carbocycles. The van der Waals surface area contributed by atoms with Crippen molar-refractivity contribution in [1.82, 2.24) is 5.32 Å². The lowest BCUT2D eigenvalue weighted by molar-refractivity contribution is -0.153. The summed E-state index contributed by atoms with van der Waals surface area (Å²) in [6, 6.07) is 0. The molecular formula is C13H25NO4. The van der Waals surface area contributed by atoms with Gasteiger partial charge in [-0.2, -0.15) is 0 Å². The van der Waals surface area contributed by atoms with Crippen LogP contribution >= 0.6 is 0 Å². The second-order valence-corrected chi connectivity index (χ2v) is 5.67. The van der Waals surface area contributed by atoms with E-state index in [9.17, 15) is 19.8 Å². The van der Waals surface area contributed by atoms with E-state index in [1.54, 1.807) is 20.8 Å². The van der Waals surface area contributed by atoms with E-state index in [-0.39, 0.29) is 30.7 Å². The third kappa shape index (κ3) is 4.64. The molecule has 0 fully saturated rings. The molecule has 1 amide bonds. The molecule has 3 N–H and O–H groups in total. The fourth-order valence-electron chi connectivity index (χ4n) is 1.38. The second-order valence-electron chi connectivity index (χ2n) is 5.67. The molecular weight excluding hydrogens is 234 g/mol. The first-order valence-corrected chi connectivity index (χ1v) is 6.29. The molecule has 18 heavy (non-hydrogen) atoms. The number of hydrogen-bond acceptors (Lipinski definition) is 3. The van der Waals surface area contributed by atoms with Crippen LogP contribution < -0.4 is 5.32 Å². The smallest absolute Gasteiger partial charge is 0.310 e. The normalized spacial score (nSPS) is 16.4. The lowest BCUT2D eigenvalue weighted by Gasteiger charge is -2.28. The Kier molecular flexibility index (Phi) is 6.32. The number of hydrogen-bond donors (Lipinski definition) is 3. The minimum absolute atomic E-state index is 0.0567. The van der Waals surface area contributed by atoms with Crippen molar-refractivity contribution >= 4 is 11.9 Å². The lowest BCUT2D eigenvalue weighted by atomic mass is 9.76. The van der Waals surface area contributed by atoms with E-state index in [2.05, 4.69) is 5.32 Å². The number of amides is 1. The Balaban J connectivity index is 4.42. The number of aliphatic carboxylic acids is 1. The lowest BCUT2D eigenvalue weighted by Crippen LogP contribution is -2.41. The van der Waals surface area contributed by atoms with Crippen LogP contribution in [0, 0.1) is 17.3 Å². The molecule has 0 rings (SSSR count). The Bertz CT molecular complexity index is 301. The first-order chi connectivity index (χ1) is 8.11. The number of nitrogens with one attached hydrogen (secondary N) is 1. The minimum Gasteiger partial charge on any atom is -0.481 e. The summed E-state index contributed by atoms with van der Waals surface area (Å²) in [4.78, 5) is 22.9. The van der Waals surface area contributed by atoms with E-state index in [1.165, 1.54) is 0 Å². The Labute approximate surface area is 109 Å². The van der Waals surface area contributed by atoms with Gasteiger partial charge in [-0.05, 0) is 18.8 Å². The van der Waals surface area contributed by atoms with E-state index in [0.29, 0.717) is 0 Å². The Morgan fingerprint density at radius 2 is 1.72 bits per heavy atom. The number of aliphatic hydroxyl groups excluding tert-OH is 1. The molecule has 0 aliphatic rings. The Morgan fingerprint density at radius 3 is 2.06 bits per heavy atom. The predicted molar refractivity (Wildman–Crippen MR) is 69.1 cm³/mol. The number of carboxylic acid groups (broad SMARTS) is 1. The van der Waals surface area contributed by atoms with Crippen LogP contribution in [0.15, 0.2) is 0 Å². The van der Waals surface area contributed by atoms with Gasteiger partial charge in [-0.3, -0.25) is 9.59 Å². The van der Waals surface area contributed by atoms with Gasteiger partial charge in [-0.15, -0.1) is 0 Å². The van der Waals surface area contributed by atoms with E-state index in [4.69, 9.17) is 0 Å². The zero-order valence-corrected chi connectivity index (χ0v) is 11.9. The van der Waals surface area contributed by atoms with Gasteiger partial charge in [0.05, 0.1) is 11.5 Å². The summed E-state index contributed by atoms with van der Waals surface area (Å²) >= 11 is 0.